The topological polar surface area (TPSA) is 67.6 Å². The van der Waals surface area contributed by atoms with Gasteiger partial charge in [-0.3, -0.25) is 4.79 Å². The monoisotopic (exact) mass is 277 g/mol. The van der Waals surface area contributed by atoms with Crippen LogP contribution in [0.5, 0.6) is 5.75 Å². The van der Waals surface area contributed by atoms with Crippen LogP contribution in [0.15, 0.2) is 18.2 Å². The minimum absolute atomic E-state index is 0.400. The molecule has 1 saturated heterocycles. The van der Waals surface area contributed by atoms with Crippen molar-refractivity contribution in [2.24, 2.45) is 5.73 Å². The molecule has 5 nitrogen and oxygen atoms in total. The lowest BCUT2D eigenvalue weighted by Crippen LogP contribution is -2.23. The van der Waals surface area contributed by atoms with E-state index in [0.717, 1.165) is 37.4 Å². The molecule has 110 valence electrons. The predicted molar refractivity (Wildman–Crippen MR) is 80.3 cm³/mol. The van der Waals surface area contributed by atoms with Gasteiger partial charge >= 0.3 is 0 Å². The maximum absolute atomic E-state index is 11.3. The number of benzene rings is 1. The number of amides is 1. The number of likely N-dealkylation sites (tertiary alicyclic amines) is 1. The largest absolute Gasteiger partial charge is 0.495 e. The van der Waals surface area contributed by atoms with Crippen molar-refractivity contribution in [2.45, 2.75) is 25.3 Å². The first-order valence-corrected chi connectivity index (χ1v) is 7.03. The molecule has 0 aromatic heterocycles. The van der Waals surface area contributed by atoms with Gasteiger partial charge in [0.15, 0.2) is 0 Å². The molecule has 1 heterocycles. The lowest BCUT2D eigenvalue weighted by atomic mass is 10.1. The molecule has 0 radical (unpaired) electrons. The number of primary amides is 1. The number of hydrogen-bond donors (Lipinski definition) is 2. The van der Waals surface area contributed by atoms with E-state index in [1.54, 1.807) is 25.3 Å². The molecule has 1 aromatic rings. The molecule has 1 atom stereocenters. The fraction of sp³-hybridized carbons (Fsp3) is 0.533. The number of carbonyl (C=O) groups excluding carboxylic acids is 1. The Balaban J connectivity index is 2.14. The van der Waals surface area contributed by atoms with Crippen LogP contribution in [-0.4, -0.2) is 44.1 Å². The Morgan fingerprint density at radius 1 is 1.40 bits per heavy atom. The number of rotatable bonds is 4. The zero-order chi connectivity index (χ0) is 14.5. The summed E-state index contributed by atoms with van der Waals surface area (Å²) in [6, 6.07) is 5.64. The van der Waals surface area contributed by atoms with E-state index in [4.69, 9.17) is 10.5 Å². The van der Waals surface area contributed by atoms with Crippen molar-refractivity contribution >= 4 is 11.6 Å². The predicted octanol–water partition coefficient (Wildman–Crippen LogP) is 1.69. The van der Waals surface area contributed by atoms with Gasteiger partial charge in [0, 0.05) is 11.6 Å². The molecule has 3 N–H and O–H groups in total. The second-order valence-corrected chi connectivity index (χ2v) is 5.35. The van der Waals surface area contributed by atoms with Gasteiger partial charge in [0.2, 0.25) is 5.91 Å². The molecule has 1 amide bonds. The molecular formula is C15H23N3O2. The third kappa shape index (κ3) is 3.63. The van der Waals surface area contributed by atoms with Gasteiger partial charge in [-0.25, -0.2) is 0 Å². The van der Waals surface area contributed by atoms with Crippen molar-refractivity contribution in [2.75, 3.05) is 32.6 Å². The first-order chi connectivity index (χ1) is 9.60. The van der Waals surface area contributed by atoms with Gasteiger partial charge < -0.3 is 20.7 Å². The van der Waals surface area contributed by atoms with E-state index in [2.05, 4.69) is 17.3 Å². The minimum Gasteiger partial charge on any atom is -0.495 e. The van der Waals surface area contributed by atoms with Gasteiger partial charge in [-0.1, -0.05) is 0 Å². The van der Waals surface area contributed by atoms with Crippen LogP contribution in [0.25, 0.3) is 0 Å². The second-order valence-electron chi connectivity index (χ2n) is 5.35. The molecule has 0 bridgehead atoms. The summed E-state index contributed by atoms with van der Waals surface area (Å²) in [6.45, 7) is 2.21. The molecule has 1 aromatic carbocycles. The Bertz CT molecular complexity index is 476. The van der Waals surface area contributed by atoms with E-state index in [1.165, 1.54) is 6.42 Å². The number of anilines is 1. The van der Waals surface area contributed by atoms with Gasteiger partial charge in [0.05, 0.1) is 12.8 Å². The standard InChI is InChI=1S/C15H23N3O2/c1-18-8-3-4-12(7-9-18)17-13-10-11(15(16)19)5-6-14(13)20-2/h5-6,10,12,17H,3-4,7-9H2,1-2H3,(H2,16,19). The molecule has 1 unspecified atom stereocenters. The fourth-order valence-electron chi connectivity index (χ4n) is 2.58. The second kappa shape index (κ2) is 6.61. The molecule has 0 saturated carbocycles. The lowest BCUT2D eigenvalue weighted by Gasteiger charge is -2.20. The summed E-state index contributed by atoms with van der Waals surface area (Å²) >= 11 is 0. The molecule has 2 rings (SSSR count). The lowest BCUT2D eigenvalue weighted by molar-refractivity contribution is 0.100. The third-order valence-electron chi connectivity index (χ3n) is 3.80. The first-order valence-electron chi connectivity index (χ1n) is 7.03. The van der Waals surface area contributed by atoms with Gasteiger partial charge in [0.1, 0.15) is 5.75 Å². The number of methoxy groups -OCH3 is 1. The van der Waals surface area contributed by atoms with E-state index < -0.39 is 5.91 Å². The van der Waals surface area contributed by atoms with Crippen LogP contribution < -0.4 is 15.8 Å². The van der Waals surface area contributed by atoms with Crippen molar-refractivity contribution in [3.05, 3.63) is 23.8 Å². The molecule has 1 fully saturated rings. The summed E-state index contributed by atoms with van der Waals surface area (Å²) in [4.78, 5) is 13.6. The van der Waals surface area contributed by atoms with E-state index >= 15 is 0 Å². The van der Waals surface area contributed by atoms with E-state index in [9.17, 15) is 4.79 Å². The quantitative estimate of drug-likeness (QED) is 0.879. The fourth-order valence-corrected chi connectivity index (χ4v) is 2.58. The van der Waals surface area contributed by atoms with Gasteiger partial charge in [-0.2, -0.15) is 0 Å². The number of nitrogens with two attached hydrogens (primary N) is 1. The van der Waals surface area contributed by atoms with Crippen LogP contribution in [-0.2, 0) is 0 Å². The highest BCUT2D eigenvalue weighted by Gasteiger charge is 2.16. The molecule has 5 heteroatoms. The van der Waals surface area contributed by atoms with Crippen LogP contribution in [0.3, 0.4) is 0 Å². The normalized spacial score (nSPS) is 20.2. The van der Waals surface area contributed by atoms with Crippen molar-refractivity contribution in [3.8, 4) is 5.75 Å². The average molecular weight is 277 g/mol. The Kier molecular flexibility index (Phi) is 4.84. The molecule has 1 aliphatic rings. The van der Waals surface area contributed by atoms with Crippen LogP contribution >= 0.6 is 0 Å². The highest BCUT2D eigenvalue weighted by Crippen LogP contribution is 2.27. The maximum atomic E-state index is 11.3. The SMILES string of the molecule is COc1ccc(C(N)=O)cc1NC1CCCN(C)CC1. The number of ether oxygens (including phenoxy) is 1. The van der Waals surface area contributed by atoms with E-state index in [0.29, 0.717) is 11.6 Å². The number of nitrogens with zero attached hydrogens (tertiary/aromatic N) is 1. The van der Waals surface area contributed by atoms with Crippen molar-refractivity contribution < 1.29 is 9.53 Å². The Labute approximate surface area is 120 Å². The van der Waals surface area contributed by atoms with Crippen LogP contribution in [0.2, 0.25) is 0 Å². The van der Waals surface area contributed by atoms with Gasteiger partial charge in [-0.15, -0.1) is 0 Å². The highest BCUT2D eigenvalue weighted by atomic mass is 16.5. The van der Waals surface area contributed by atoms with Gasteiger partial charge in [0.25, 0.3) is 0 Å². The zero-order valence-corrected chi connectivity index (χ0v) is 12.2. The summed E-state index contributed by atoms with van der Waals surface area (Å²) in [5.74, 6) is 0.323. The molecule has 20 heavy (non-hydrogen) atoms. The molecule has 0 aliphatic carbocycles. The average Bonchev–Trinajstić information content (AvgIpc) is 2.63. The van der Waals surface area contributed by atoms with Crippen molar-refractivity contribution in [1.82, 2.24) is 4.90 Å². The van der Waals surface area contributed by atoms with E-state index in [-0.39, 0.29) is 0 Å². The Morgan fingerprint density at radius 2 is 2.20 bits per heavy atom. The van der Waals surface area contributed by atoms with Crippen LogP contribution in [0.1, 0.15) is 29.6 Å². The zero-order valence-electron chi connectivity index (χ0n) is 12.2. The first kappa shape index (κ1) is 14.7. The molecular weight excluding hydrogens is 254 g/mol. The molecule has 0 spiro atoms. The summed E-state index contributed by atoms with van der Waals surface area (Å²) < 4.78 is 5.35. The minimum atomic E-state index is -0.420. The summed E-state index contributed by atoms with van der Waals surface area (Å²) in [5, 5.41) is 3.50. The number of carbonyl (C=O) groups is 1. The van der Waals surface area contributed by atoms with Crippen LogP contribution in [0.4, 0.5) is 5.69 Å². The number of nitrogens with one attached hydrogen (secondary N) is 1. The molecule has 1 aliphatic heterocycles. The maximum Gasteiger partial charge on any atom is 0.248 e. The highest BCUT2D eigenvalue weighted by molar-refractivity contribution is 5.94. The van der Waals surface area contributed by atoms with E-state index in [1.807, 2.05) is 0 Å². The van der Waals surface area contributed by atoms with Crippen LogP contribution in [0, 0.1) is 0 Å². The number of hydrogen-bond acceptors (Lipinski definition) is 4. The van der Waals surface area contributed by atoms with Crippen molar-refractivity contribution in [1.29, 1.82) is 0 Å². The van der Waals surface area contributed by atoms with Crippen molar-refractivity contribution in [3.63, 3.8) is 0 Å². The summed E-state index contributed by atoms with van der Waals surface area (Å²) in [5.41, 5.74) is 6.68. The Hall–Kier alpha value is -1.75. The summed E-state index contributed by atoms with van der Waals surface area (Å²) in [7, 11) is 3.78. The summed E-state index contributed by atoms with van der Waals surface area (Å²) in [6.07, 6.45) is 3.38. The third-order valence-corrected chi connectivity index (χ3v) is 3.80. The smallest absolute Gasteiger partial charge is 0.248 e. The Morgan fingerprint density at radius 3 is 2.90 bits per heavy atom. The van der Waals surface area contributed by atoms with Gasteiger partial charge in [-0.05, 0) is 57.6 Å².